The molecular weight excluding hydrogens is 366 g/mol. The van der Waals surface area contributed by atoms with E-state index in [-0.39, 0.29) is 6.04 Å². The van der Waals surface area contributed by atoms with Crippen molar-refractivity contribution >= 4 is 29.6 Å². The van der Waals surface area contributed by atoms with Crippen LogP contribution >= 0.6 is 0 Å². The first-order valence-corrected chi connectivity index (χ1v) is 9.41. The first-order chi connectivity index (χ1) is 13.2. The predicted octanol–water partition coefficient (Wildman–Crippen LogP) is 1.20. The van der Waals surface area contributed by atoms with Crippen LogP contribution in [0.5, 0.6) is 0 Å². The van der Waals surface area contributed by atoms with E-state index < -0.39 is 42.0 Å². The molecule has 10 heteroatoms. The van der Waals surface area contributed by atoms with Gasteiger partial charge in [-0.1, -0.05) is 12.8 Å². The van der Waals surface area contributed by atoms with Crippen molar-refractivity contribution in [2.45, 2.75) is 64.1 Å². The highest BCUT2D eigenvalue weighted by Crippen LogP contribution is 2.34. The molecule has 1 saturated carbocycles. The number of esters is 1. The molecule has 1 saturated heterocycles. The number of rotatable bonds is 6. The van der Waals surface area contributed by atoms with Gasteiger partial charge >= 0.3 is 12.0 Å². The number of carbonyl (C=O) groups excluding carboxylic acids is 4. The lowest BCUT2D eigenvalue weighted by atomic mass is 9.98. The molecule has 3 rings (SSSR count). The molecule has 2 fully saturated rings. The first kappa shape index (κ1) is 19.8. The fourth-order valence-electron chi connectivity index (χ4n) is 3.61. The quantitative estimate of drug-likeness (QED) is 0.555. The minimum atomic E-state index is -1.09. The minimum absolute atomic E-state index is 0.0470. The van der Waals surface area contributed by atoms with Crippen molar-refractivity contribution in [1.29, 1.82) is 0 Å². The van der Waals surface area contributed by atoms with Crippen LogP contribution in [0, 0.1) is 0 Å². The van der Waals surface area contributed by atoms with Gasteiger partial charge in [0.1, 0.15) is 17.9 Å². The Morgan fingerprint density at radius 2 is 1.96 bits per heavy atom. The maximum Gasteiger partial charge on any atom is 0.327 e. The molecule has 0 aromatic carbocycles. The zero-order valence-corrected chi connectivity index (χ0v) is 16.2. The fourth-order valence-corrected chi connectivity index (χ4v) is 3.61. The van der Waals surface area contributed by atoms with Gasteiger partial charge < -0.3 is 15.4 Å². The number of hydrogen-bond donors (Lipinski definition) is 2. The molecule has 1 aromatic rings. The molecule has 0 radical (unpaired) electrons. The molecule has 1 atom stereocenters. The Morgan fingerprint density at radius 1 is 1.29 bits per heavy atom. The highest BCUT2D eigenvalue weighted by atomic mass is 16.5. The Bertz CT molecular complexity index is 796. The standard InChI is InChI=1S/C18H25N5O5/c1-11(2)23-13(6-9-19-23)20-15(25)12(3)28-14(24)10-22-16(26)18(21-17(22)27)7-4-5-8-18/h6,9,11-12H,4-5,7-8,10H2,1-3H3,(H,20,25)(H,21,27)/t12-/m0/s1. The predicted molar refractivity (Wildman–Crippen MR) is 98.2 cm³/mol. The number of amides is 4. The van der Waals surface area contributed by atoms with Gasteiger partial charge in [0.2, 0.25) is 0 Å². The summed E-state index contributed by atoms with van der Waals surface area (Å²) in [5.74, 6) is -1.26. The third kappa shape index (κ3) is 3.71. The molecule has 1 aliphatic heterocycles. The summed E-state index contributed by atoms with van der Waals surface area (Å²) in [7, 11) is 0. The molecule has 1 aromatic heterocycles. The average Bonchev–Trinajstić information content (AvgIpc) is 3.33. The number of urea groups is 1. The monoisotopic (exact) mass is 391 g/mol. The van der Waals surface area contributed by atoms with Crippen molar-refractivity contribution in [2.24, 2.45) is 0 Å². The van der Waals surface area contributed by atoms with Gasteiger partial charge in [0, 0.05) is 12.1 Å². The number of nitrogens with zero attached hydrogens (tertiary/aromatic N) is 3. The molecule has 2 heterocycles. The summed E-state index contributed by atoms with van der Waals surface area (Å²) in [4.78, 5) is 50.0. The molecule has 2 aliphatic rings. The molecule has 4 amide bonds. The van der Waals surface area contributed by atoms with Crippen molar-refractivity contribution in [3.63, 3.8) is 0 Å². The van der Waals surface area contributed by atoms with E-state index >= 15 is 0 Å². The second-order valence-corrected chi connectivity index (χ2v) is 7.49. The van der Waals surface area contributed by atoms with Crippen LogP contribution < -0.4 is 10.6 Å². The van der Waals surface area contributed by atoms with Gasteiger partial charge in [-0.2, -0.15) is 5.10 Å². The summed E-state index contributed by atoms with van der Waals surface area (Å²) in [5, 5.41) is 9.46. The van der Waals surface area contributed by atoms with Gasteiger partial charge in [-0.05, 0) is 33.6 Å². The van der Waals surface area contributed by atoms with Crippen LogP contribution in [0.1, 0.15) is 52.5 Å². The molecular formula is C18H25N5O5. The van der Waals surface area contributed by atoms with Crippen LogP contribution in [0.15, 0.2) is 12.3 Å². The molecule has 2 N–H and O–H groups in total. The maximum atomic E-state index is 12.6. The summed E-state index contributed by atoms with van der Waals surface area (Å²) in [5.41, 5.74) is -0.879. The van der Waals surface area contributed by atoms with E-state index in [1.165, 1.54) is 6.92 Å². The van der Waals surface area contributed by atoms with E-state index in [1.54, 1.807) is 16.9 Å². The summed E-state index contributed by atoms with van der Waals surface area (Å²) in [6, 6.07) is 1.09. The summed E-state index contributed by atoms with van der Waals surface area (Å²) >= 11 is 0. The topological polar surface area (TPSA) is 123 Å². The SMILES string of the molecule is CC(C)n1nccc1NC(=O)[C@H](C)OC(=O)CN1C(=O)NC2(CCCC2)C1=O. The Morgan fingerprint density at radius 3 is 2.61 bits per heavy atom. The van der Waals surface area contributed by atoms with Gasteiger partial charge in [0.15, 0.2) is 6.10 Å². The molecule has 1 spiro atoms. The largest absolute Gasteiger partial charge is 0.451 e. The lowest BCUT2D eigenvalue weighted by Gasteiger charge is -2.20. The first-order valence-electron chi connectivity index (χ1n) is 9.41. The molecule has 28 heavy (non-hydrogen) atoms. The number of carbonyl (C=O) groups is 4. The number of hydrogen-bond acceptors (Lipinski definition) is 6. The Hall–Kier alpha value is -2.91. The van der Waals surface area contributed by atoms with Crippen LogP contribution in [-0.2, 0) is 19.1 Å². The second kappa shape index (κ2) is 7.61. The average molecular weight is 391 g/mol. The zero-order chi connectivity index (χ0) is 20.5. The fraction of sp³-hybridized carbons (Fsp3) is 0.611. The van der Waals surface area contributed by atoms with Gasteiger partial charge in [0.05, 0.1) is 6.20 Å². The second-order valence-electron chi connectivity index (χ2n) is 7.49. The Labute approximate surface area is 162 Å². The molecule has 0 bridgehead atoms. The van der Waals surface area contributed by atoms with Crippen LogP contribution in [0.3, 0.4) is 0 Å². The maximum absolute atomic E-state index is 12.6. The van der Waals surface area contributed by atoms with Crippen molar-refractivity contribution in [3.8, 4) is 0 Å². The molecule has 1 aliphatic carbocycles. The van der Waals surface area contributed by atoms with Gasteiger partial charge in [-0.15, -0.1) is 0 Å². The van der Waals surface area contributed by atoms with E-state index in [1.807, 2.05) is 13.8 Å². The minimum Gasteiger partial charge on any atom is -0.451 e. The normalized spacial score (nSPS) is 19.2. The van der Waals surface area contributed by atoms with Gasteiger partial charge in [-0.25, -0.2) is 9.48 Å². The smallest absolute Gasteiger partial charge is 0.327 e. The number of aromatic nitrogens is 2. The number of imide groups is 1. The summed E-state index contributed by atoms with van der Waals surface area (Å²) in [6.07, 6.45) is 3.33. The van der Waals surface area contributed by atoms with E-state index in [9.17, 15) is 19.2 Å². The molecule has 0 unspecified atom stereocenters. The van der Waals surface area contributed by atoms with E-state index in [2.05, 4.69) is 15.7 Å². The molecule has 152 valence electrons. The lowest BCUT2D eigenvalue weighted by molar-refractivity contribution is -0.155. The summed E-state index contributed by atoms with van der Waals surface area (Å²) < 4.78 is 6.74. The Balaban J connectivity index is 1.55. The highest BCUT2D eigenvalue weighted by Gasteiger charge is 2.52. The van der Waals surface area contributed by atoms with Crippen molar-refractivity contribution in [1.82, 2.24) is 20.0 Å². The van der Waals surface area contributed by atoms with Crippen molar-refractivity contribution < 1.29 is 23.9 Å². The number of anilines is 1. The number of ether oxygens (including phenoxy) is 1. The lowest BCUT2D eigenvalue weighted by Crippen LogP contribution is -2.44. The number of nitrogens with one attached hydrogen (secondary N) is 2. The van der Waals surface area contributed by atoms with Crippen LogP contribution in [0.4, 0.5) is 10.6 Å². The third-order valence-corrected chi connectivity index (χ3v) is 5.08. The van der Waals surface area contributed by atoms with Gasteiger partial charge in [-0.3, -0.25) is 19.3 Å². The van der Waals surface area contributed by atoms with Gasteiger partial charge in [0.25, 0.3) is 11.8 Å². The van der Waals surface area contributed by atoms with E-state index in [4.69, 9.17) is 4.74 Å². The zero-order valence-electron chi connectivity index (χ0n) is 16.2. The van der Waals surface area contributed by atoms with E-state index in [0.29, 0.717) is 18.7 Å². The van der Waals surface area contributed by atoms with Crippen LogP contribution in [-0.4, -0.2) is 56.7 Å². The van der Waals surface area contributed by atoms with Crippen molar-refractivity contribution in [2.75, 3.05) is 11.9 Å². The third-order valence-electron chi connectivity index (χ3n) is 5.08. The molecule has 10 nitrogen and oxygen atoms in total. The van der Waals surface area contributed by atoms with Crippen molar-refractivity contribution in [3.05, 3.63) is 12.3 Å². The van der Waals surface area contributed by atoms with Crippen LogP contribution in [0.2, 0.25) is 0 Å². The Kier molecular flexibility index (Phi) is 5.39. The summed E-state index contributed by atoms with van der Waals surface area (Å²) in [6.45, 7) is 4.74. The van der Waals surface area contributed by atoms with E-state index in [0.717, 1.165) is 17.7 Å². The highest BCUT2D eigenvalue weighted by molar-refractivity contribution is 6.09. The van der Waals surface area contributed by atoms with Crippen LogP contribution in [0.25, 0.3) is 0 Å².